The summed E-state index contributed by atoms with van der Waals surface area (Å²) < 4.78 is 10.3. The quantitative estimate of drug-likeness (QED) is 0.617. The van der Waals surface area contributed by atoms with Crippen molar-refractivity contribution in [3.8, 4) is 0 Å². The second kappa shape index (κ2) is 3.71. The van der Waals surface area contributed by atoms with E-state index in [2.05, 4.69) is 12.6 Å². The summed E-state index contributed by atoms with van der Waals surface area (Å²) in [6.45, 7) is 0.685. The zero-order chi connectivity index (χ0) is 6.69. The van der Waals surface area contributed by atoms with Crippen LogP contribution in [-0.2, 0) is 9.47 Å². The zero-order valence-corrected chi connectivity index (χ0v) is 6.95. The Balaban J connectivity index is 2.14. The normalized spacial score (nSPS) is 35.3. The number of thioether (sulfide) groups is 1. The highest BCUT2D eigenvalue weighted by molar-refractivity contribution is 8.10. The smallest absolute Gasteiger partial charge is 0.147 e. The van der Waals surface area contributed by atoms with Gasteiger partial charge < -0.3 is 9.47 Å². The molecule has 2 nitrogen and oxygen atoms in total. The lowest BCUT2D eigenvalue weighted by molar-refractivity contribution is 0.0368. The Hall–Kier alpha value is 0.620. The minimum absolute atomic E-state index is 0.0603. The summed E-state index contributed by atoms with van der Waals surface area (Å²) in [6, 6.07) is 0. The van der Waals surface area contributed by atoms with Gasteiger partial charge in [-0.1, -0.05) is 0 Å². The first kappa shape index (κ1) is 7.72. The maximum Gasteiger partial charge on any atom is 0.147 e. The summed E-state index contributed by atoms with van der Waals surface area (Å²) >= 11 is 5.84. The average Bonchev–Trinajstić information content (AvgIpc) is 2.17. The van der Waals surface area contributed by atoms with Crippen LogP contribution in [0, 0.1) is 0 Å². The minimum Gasteiger partial charge on any atom is -0.382 e. The molecular formula is C5H10O2S2. The van der Waals surface area contributed by atoms with Crippen molar-refractivity contribution in [2.75, 3.05) is 19.5 Å². The van der Waals surface area contributed by atoms with Crippen molar-refractivity contribution in [3.05, 3.63) is 0 Å². The topological polar surface area (TPSA) is 18.5 Å². The largest absolute Gasteiger partial charge is 0.382 e. The number of methoxy groups -OCH3 is 1. The van der Waals surface area contributed by atoms with Gasteiger partial charge in [-0.3, -0.25) is 0 Å². The van der Waals surface area contributed by atoms with E-state index in [9.17, 15) is 0 Å². The molecule has 0 amide bonds. The number of ether oxygens (including phenoxy) is 2. The Bertz CT molecular complexity index is 87.0. The van der Waals surface area contributed by atoms with Crippen molar-refractivity contribution in [2.45, 2.75) is 10.9 Å². The lowest BCUT2D eigenvalue weighted by Crippen LogP contribution is -2.16. The molecule has 9 heavy (non-hydrogen) atoms. The van der Waals surface area contributed by atoms with Crippen molar-refractivity contribution in [2.24, 2.45) is 0 Å². The van der Waals surface area contributed by atoms with E-state index in [1.165, 1.54) is 0 Å². The molecular weight excluding hydrogens is 156 g/mol. The molecule has 2 unspecified atom stereocenters. The lowest BCUT2D eigenvalue weighted by atomic mass is 10.4. The Kier molecular flexibility index (Phi) is 3.18. The molecule has 0 aromatic rings. The van der Waals surface area contributed by atoms with Crippen molar-refractivity contribution < 1.29 is 9.47 Å². The second-order valence-electron chi connectivity index (χ2n) is 1.85. The van der Waals surface area contributed by atoms with Gasteiger partial charge in [-0.2, -0.15) is 0 Å². The fraction of sp³-hybridized carbons (Fsp3) is 1.00. The predicted octanol–water partition coefficient (Wildman–Crippen LogP) is 0.978. The highest BCUT2D eigenvalue weighted by Gasteiger charge is 2.22. The van der Waals surface area contributed by atoms with Crippen LogP contribution in [0.5, 0.6) is 0 Å². The zero-order valence-electron chi connectivity index (χ0n) is 5.24. The van der Waals surface area contributed by atoms with Crippen LogP contribution in [0.3, 0.4) is 0 Å². The summed E-state index contributed by atoms with van der Waals surface area (Å²) in [5.41, 5.74) is 0. The van der Waals surface area contributed by atoms with Crippen LogP contribution in [0.15, 0.2) is 0 Å². The number of rotatable bonds is 2. The summed E-state index contributed by atoms with van der Waals surface area (Å²) in [6.07, 6.45) is 0.252. The fourth-order valence-corrected chi connectivity index (χ4v) is 1.93. The van der Waals surface area contributed by atoms with Gasteiger partial charge in [-0.25, -0.2) is 0 Å². The van der Waals surface area contributed by atoms with E-state index in [0.29, 0.717) is 6.61 Å². The molecule has 0 aliphatic carbocycles. The van der Waals surface area contributed by atoms with Crippen LogP contribution < -0.4 is 0 Å². The van der Waals surface area contributed by atoms with Crippen LogP contribution in [0.2, 0.25) is 0 Å². The van der Waals surface area contributed by atoms with Crippen molar-refractivity contribution >= 4 is 24.4 Å². The van der Waals surface area contributed by atoms with Gasteiger partial charge in [0.2, 0.25) is 0 Å². The van der Waals surface area contributed by atoms with Crippen LogP contribution in [0.25, 0.3) is 0 Å². The molecule has 0 aromatic carbocycles. The SMILES string of the molecule is COCC1CSC(S)O1. The first-order valence-electron chi connectivity index (χ1n) is 2.77. The predicted molar refractivity (Wildman–Crippen MR) is 42.0 cm³/mol. The molecule has 0 radical (unpaired) electrons. The van der Waals surface area contributed by atoms with E-state index >= 15 is 0 Å². The standard InChI is InChI=1S/C5H10O2S2/c1-6-2-4-3-9-5(8)7-4/h4-5,8H,2-3H2,1H3. The van der Waals surface area contributed by atoms with Gasteiger partial charge in [0.15, 0.2) is 0 Å². The second-order valence-corrected chi connectivity index (χ2v) is 3.77. The molecule has 1 fully saturated rings. The molecule has 2 atom stereocenters. The van der Waals surface area contributed by atoms with Crippen LogP contribution >= 0.6 is 24.4 Å². The lowest BCUT2D eigenvalue weighted by Gasteiger charge is -2.06. The summed E-state index contributed by atoms with van der Waals surface area (Å²) in [5.74, 6) is 1.00. The molecule has 1 aliphatic rings. The molecule has 0 spiro atoms. The van der Waals surface area contributed by atoms with E-state index in [1.54, 1.807) is 18.9 Å². The molecule has 0 bridgehead atoms. The number of hydrogen-bond acceptors (Lipinski definition) is 4. The van der Waals surface area contributed by atoms with Crippen molar-refractivity contribution in [1.29, 1.82) is 0 Å². The third-order valence-electron chi connectivity index (χ3n) is 1.09. The Morgan fingerprint density at radius 3 is 3.11 bits per heavy atom. The van der Waals surface area contributed by atoms with E-state index in [4.69, 9.17) is 9.47 Å². The van der Waals surface area contributed by atoms with Gasteiger partial charge in [0.1, 0.15) is 4.77 Å². The maximum absolute atomic E-state index is 5.30. The Morgan fingerprint density at radius 2 is 2.67 bits per heavy atom. The summed E-state index contributed by atoms with van der Waals surface area (Å²) in [5, 5.41) is 0. The van der Waals surface area contributed by atoms with Crippen LogP contribution in [0.1, 0.15) is 0 Å². The number of hydrogen-bond donors (Lipinski definition) is 1. The molecule has 1 rings (SSSR count). The van der Waals surface area contributed by atoms with Gasteiger partial charge in [0.05, 0.1) is 12.7 Å². The van der Waals surface area contributed by atoms with Crippen molar-refractivity contribution in [1.82, 2.24) is 0 Å². The average molecular weight is 166 g/mol. The summed E-state index contributed by atoms with van der Waals surface area (Å²) in [4.78, 5) is 0. The molecule has 4 heteroatoms. The molecule has 1 heterocycles. The van der Waals surface area contributed by atoms with Crippen LogP contribution in [-0.4, -0.2) is 30.3 Å². The first-order chi connectivity index (χ1) is 4.33. The van der Waals surface area contributed by atoms with Crippen molar-refractivity contribution in [3.63, 3.8) is 0 Å². The molecule has 1 saturated heterocycles. The summed E-state index contributed by atoms with van der Waals surface area (Å²) in [7, 11) is 1.68. The minimum atomic E-state index is 0.0603. The van der Waals surface area contributed by atoms with E-state index in [-0.39, 0.29) is 10.9 Å². The van der Waals surface area contributed by atoms with Gasteiger partial charge >= 0.3 is 0 Å². The van der Waals surface area contributed by atoms with E-state index < -0.39 is 0 Å². The van der Waals surface area contributed by atoms with Gasteiger partial charge in [0, 0.05) is 12.9 Å². The highest BCUT2D eigenvalue weighted by atomic mass is 32.2. The third kappa shape index (κ3) is 2.37. The fourth-order valence-electron chi connectivity index (χ4n) is 0.706. The third-order valence-corrected chi connectivity index (χ3v) is 2.62. The molecule has 0 N–H and O–H groups in total. The maximum atomic E-state index is 5.30. The van der Waals surface area contributed by atoms with Crippen LogP contribution in [0.4, 0.5) is 0 Å². The molecule has 54 valence electrons. The molecule has 0 aromatic heterocycles. The molecule has 1 aliphatic heterocycles. The highest BCUT2D eigenvalue weighted by Crippen LogP contribution is 2.27. The Labute approximate surface area is 64.7 Å². The Morgan fingerprint density at radius 1 is 1.89 bits per heavy atom. The van der Waals surface area contributed by atoms with Gasteiger partial charge in [0.25, 0.3) is 0 Å². The first-order valence-corrected chi connectivity index (χ1v) is 4.33. The van der Waals surface area contributed by atoms with Gasteiger partial charge in [-0.15, -0.1) is 24.4 Å². The van der Waals surface area contributed by atoms with E-state index in [0.717, 1.165) is 5.75 Å². The van der Waals surface area contributed by atoms with Gasteiger partial charge in [-0.05, 0) is 0 Å². The monoisotopic (exact) mass is 166 g/mol. The number of thiol groups is 1. The molecule has 0 saturated carbocycles. The van der Waals surface area contributed by atoms with E-state index in [1.807, 2.05) is 0 Å².